The number of primary amides is 1. The molecule has 0 fully saturated rings. The van der Waals surface area contributed by atoms with Crippen LogP contribution in [0.2, 0.25) is 5.02 Å². The van der Waals surface area contributed by atoms with E-state index in [9.17, 15) is 9.59 Å². The summed E-state index contributed by atoms with van der Waals surface area (Å²) in [7, 11) is 0. The van der Waals surface area contributed by atoms with Crippen LogP contribution in [0.25, 0.3) is 10.9 Å². The van der Waals surface area contributed by atoms with Crippen LogP contribution in [-0.4, -0.2) is 23.3 Å². The van der Waals surface area contributed by atoms with Gasteiger partial charge in [-0.2, -0.15) is 0 Å². The van der Waals surface area contributed by atoms with Gasteiger partial charge in [-0.1, -0.05) is 29.8 Å². The summed E-state index contributed by atoms with van der Waals surface area (Å²) >= 11 is 6.17. The lowest BCUT2D eigenvalue weighted by molar-refractivity contribution is 0.0987. The fourth-order valence-corrected chi connectivity index (χ4v) is 3.49. The van der Waals surface area contributed by atoms with Crippen molar-refractivity contribution in [3.05, 3.63) is 70.4 Å². The van der Waals surface area contributed by atoms with Crippen LogP contribution in [0, 0.1) is 0 Å². The third-order valence-corrected chi connectivity index (χ3v) is 4.77. The number of rotatable bonds is 2. The van der Waals surface area contributed by atoms with Gasteiger partial charge in [-0.3, -0.25) is 14.6 Å². The van der Waals surface area contributed by atoms with Gasteiger partial charge in [0.15, 0.2) is 0 Å². The highest BCUT2D eigenvalue weighted by Gasteiger charge is 2.28. The monoisotopic (exact) mass is 351 g/mol. The second-order valence-corrected chi connectivity index (χ2v) is 6.31. The van der Waals surface area contributed by atoms with Gasteiger partial charge >= 0.3 is 0 Å². The summed E-state index contributed by atoms with van der Waals surface area (Å²) in [5, 5.41) is 1.06. The van der Waals surface area contributed by atoms with E-state index >= 15 is 0 Å². The largest absolute Gasteiger partial charge is 0.366 e. The summed E-state index contributed by atoms with van der Waals surface area (Å²) in [5.41, 5.74) is 8.61. The molecular weight excluding hydrogens is 338 g/mol. The second kappa shape index (κ2) is 5.86. The molecule has 2 amide bonds. The maximum Gasteiger partial charge on any atom is 0.259 e. The summed E-state index contributed by atoms with van der Waals surface area (Å²) in [5.74, 6) is -0.682. The van der Waals surface area contributed by atoms with Crippen molar-refractivity contribution in [1.29, 1.82) is 0 Å². The molecule has 5 nitrogen and oxygen atoms in total. The quantitative estimate of drug-likeness (QED) is 0.770. The first-order valence-electron chi connectivity index (χ1n) is 7.84. The van der Waals surface area contributed by atoms with Crippen molar-refractivity contribution in [1.82, 2.24) is 4.98 Å². The third-order valence-electron chi connectivity index (χ3n) is 4.45. The molecule has 2 aromatic carbocycles. The van der Waals surface area contributed by atoms with Crippen LogP contribution >= 0.6 is 11.6 Å². The van der Waals surface area contributed by atoms with Crippen molar-refractivity contribution < 1.29 is 9.59 Å². The van der Waals surface area contributed by atoms with Crippen LogP contribution in [0.1, 0.15) is 26.3 Å². The predicted molar refractivity (Wildman–Crippen MR) is 97.1 cm³/mol. The molecule has 0 saturated heterocycles. The summed E-state index contributed by atoms with van der Waals surface area (Å²) in [6, 6.07) is 12.6. The number of para-hydroxylation sites is 1. The van der Waals surface area contributed by atoms with E-state index < -0.39 is 5.91 Å². The van der Waals surface area contributed by atoms with Gasteiger partial charge < -0.3 is 10.6 Å². The zero-order valence-electron chi connectivity index (χ0n) is 13.2. The Morgan fingerprint density at radius 3 is 2.72 bits per heavy atom. The van der Waals surface area contributed by atoms with Crippen molar-refractivity contribution in [2.24, 2.45) is 5.73 Å². The van der Waals surface area contributed by atoms with Crippen molar-refractivity contribution in [3.8, 4) is 0 Å². The van der Waals surface area contributed by atoms with Gasteiger partial charge in [0.2, 0.25) is 5.91 Å². The van der Waals surface area contributed by atoms with Gasteiger partial charge in [-0.15, -0.1) is 0 Å². The zero-order chi connectivity index (χ0) is 17.6. The maximum atomic E-state index is 13.1. The Labute approximate surface area is 149 Å². The number of amides is 2. The average Bonchev–Trinajstić information content (AvgIpc) is 3.02. The minimum Gasteiger partial charge on any atom is -0.366 e. The topological polar surface area (TPSA) is 76.3 Å². The van der Waals surface area contributed by atoms with E-state index in [-0.39, 0.29) is 16.5 Å². The Kier molecular flexibility index (Phi) is 3.66. The van der Waals surface area contributed by atoms with E-state index in [1.54, 1.807) is 29.3 Å². The van der Waals surface area contributed by atoms with Crippen molar-refractivity contribution in [3.63, 3.8) is 0 Å². The number of fused-ring (bicyclic) bond motifs is 2. The van der Waals surface area contributed by atoms with Gasteiger partial charge in [0.25, 0.3) is 5.91 Å². The molecule has 1 aliphatic rings. The Bertz CT molecular complexity index is 1030. The molecule has 3 aromatic rings. The summed E-state index contributed by atoms with van der Waals surface area (Å²) in [4.78, 5) is 30.6. The Morgan fingerprint density at radius 2 is 1.92 bits per heavy atom. The first kappa shape index (κ1) is 15.6. The Hall–Kier alpha value is -2.92. The molecule has 0 spiro atoms. The first-order valence-corrected chi connectivity index (χ1v) is 8.22. The lowest BCUT2D eigenvalue weighted by Gasteiger charge is -2.19. The molecule has 2 N–H and O–H groups in total. The number of anilines is 1. The molecule has 0 radical (unpaired) electrons. The van der Waals surface area contributed by atoms with Gasteiger partial charge in [0.05, 0.1) is 21.7 Å². The molecule has 0 unspecified atom stereocenters. The number of carbonyl (C=O) groups is 2. The molecule has 25 heavy (non-hydrogen) atoms. The predicted octanol–water partition coefficient (Wildman–Crippen LogP) is 3.19. The summed E-state index contributed by atoms with van der Waals surface area (Å²) in [6.07, 6.45) is 2.29. The highest BCUT2D eigenvalue weighted by Crippen LogP contribution is 2.34. The molecular formula is C19H14ClN3O2. The van der Waals surface area contributed by atoms with Crippen molar-refractivity contribution >= 4 is 40.0 Å². The van der Waals surface area contributed by atoms with Crippen molar-refractivity contribution in [2.75, 3.05) is 11.4 Å². The number of halogens is 1. The first-order chi connectivity index (χ1) is 12.1. The lowest BCUT2D eigenvalue weighted by atomic mass is 10.1. The smallest absolute Gasteiger partial charge is 0.259 e. The number of benzene rings is 2. The standard InChI is InChI=1S/C19H14ClN3O2/c20-15-10-17-11(9-14(15)18(21)24)6-8-23(17)19(25)13-5-7-22-16-4-2-1-3-12(13)16/h1-5,7,9-10H,6,8H2,(H2,21,24). The van der Waals surface area contributed by atoms with Gasteiger partial charge in [0, 0.05) is 23.8 Å². The molecule has 1 aliphatic heterocycles. The minimum atomic E-state index is -0.572. The zero-order valence-corrected chi connectivity index (χ0v) is 14.0. The summed E-state index contributed by atoms with van der Waals surface area (Å²) in [6.45, 7) is 0.531. The van der Waals surface area contributed by atoms with Crippen LogP contribution in [0.15, 0.2) is 48.7 Å². The van der Waals surface area contributed by atoms with Crippen molar-refractivity contribution in [2.45, 2.75) is 6.42 Å². The second-order valence-electron chi connectivity index (χ2n) is 5.91. The normalized spacial score (nSPS) is 13.1. The molecule has 1 aromatic heterocycles. The van der Waals surface area contributed by atoms with Gasteiger partial charge in [0.1, 0.15) is 0 Å². The van der Waals surface area contributed by atoms with Crippen LogP contribution in [-0.2, 0) is 6.42 Å². The number of hydrogen-bond acceptors (Lipinski definition) is 3. The highest BCUT2D eigenvalue weighted by molar-refractivity contribution is 6.34. The summed E-state index contributed by atoms with van der Waals surface area (Å²) < 4.78 is 0. The number of pyridine rings is 1. The third kappa shape index (κ3) is 2.53. The Balaban J connectivity index is 1.79. The molecule has 4 rings (SSSR count). The highest BCUT2D eigenvalue weighted by atomic mass is 35.5. The molecule has 0 atom stereocenters. The number of aromatic nitrogens is 1. The lowest BCUT2D eigenvalue weighted by Crippen LogP contribution is -2.29. The van der Waals surface area contributed by atoms with E-state index in [2.05, 4.69) is 4.98 Å². The van der Waals surface area contributed by atoms with E-state index in [1.807, 2.05) is 24.3 Å². The average molecular weight is 352 g/mol. The fourth-order valence-electron chi connectivity index (χ4n) is 3.24. The molecule has 6 heteroatoms. The molecule has 124 valence electrons. The molecule has 0 bridgehead atoms. The number of nitrogens with zero attached hydrogens (tertiary/aromatic N) is 2. The van der Waals surface area contributed by atoms with Gasteiger partial charge in [-0.25, -0.2) is 0 Å². The SMILES string of the molecule is NC(=O)c1cc2c(cc1Cl)N(C(=O)c1ccnc3ccccc13)CC2. The molecule has 0 saturated carbocycles. The van der Waals surface area contributed by atoms with E-state index in [4.69, 9.17) is 17.3 Å². The molecule has 0 aliphatic carbocycles. The van der Waals surface area contributed by atoms with E-state index in [1.165, 1.54) is 0 Å². The van der Waals surface area contributed by atoms with Crippen LogP contribution in [0.3, 0.4) is 0 Å². The number of carbonyl (C=O) groups excluding carboxylic acids is 2. The number of nitrogens with two attached hydrogens (primary N) is 1. The number of hydrogen-bond donors (Lipinski definition) is 1. The van der Waals surface area contributed by atoms with Crippen LogP contribution < -0.4 is 10.6 Å². The van der Waals surface area contributed by atoms with E-state index in [0.717, 1.165) is 22.2 Å². The maximum absolute atomic E-state index is 13.1. The van der Waals surface area contributed by atoms with Crippen LogP contribution in [0.5, 0.6) is 0 Å². The van der Waals surface area contributed by atoms with Crippen LogP contribution in [0.4, 0.5) is 5.69 Å². The molecule has 2 heterocycles. The Morgan fingerprint density at radius 1 is 1.12 bits per heavy atom. The minimum absolute atomic E-state index is 0.111. The van der Waals surface area contributed by atoms with E-state index in [0.29, 0.717) is 18.5 Å². The fraction of sp³-hybridized carbons (Fsp3) is 0.105. The van der Waals surface area contributed by atoms with Gasteiger partial charge in [-0.05, 0) is 36.2 Å².